The van der Waals surface area contributed by atoms with Crippen molar-refractivity contribution >= 4 is 28.2 Å². The van der Waals surface area contributed by atoms with Gasteiger partial charge in [0.05, 0.1) is 18.2 Å². The molecule has 1 N–H and O–H groups in total. The molecular weight excluding hydrogens is 418 g/mol. The van der Waals surface area contributed by atoms with Crippen LogP contribution in [0.25, 0.3) is 10.9 Å². The first-order chi connectivity index (χ1) is 15.5. The van der Waals surface area contributed by atoms with E-state index in [1.165, 1.54) is 5.56 Å². The van der Waals surface area contributed by atoms with Crippen LogP contribution in [0, 0.1) is 11.3 Å². The molecule has 5 heteroatoms. The summed E-state index contributed by atoms with van der Waals surface area (Å²) in [5, 5.41) is 5.49. The second kappa shape index (κ2) is 10.0. The highest BCUT2D eigenvalue weighted by atomic mass is 35.5. The molecule has 0 radical (unpaired) electrons. The summed E-state index contributed by atoms with van der Waals surface area (Å²) in [4.78, 5) is 6.92. The van der Waals surface area contributed by atoms with Crippen LogP contribution < -0.4 is 5.32 Å². The predicted octanol–water partition coefficient (Wildman–Crippen LogP) is 6.03. The maximum atomic E-state index is 6.54. The van der Waals surface area contributed by atoms with Crippen LogP contribution >= 0.6 is 11.6 Å². The van der Waals surface area contributed by atoms with Crippen molar-refractivity contribution in [2.75, 3.05) is 31.5 Å². The molecule has 0 bridgehead atoms. The number of nitrogens with zero attached hydrogens (tertiary/aromatic N) is 2. The second-order valence-corrected chi connectivity index (χ2v) is 9.75. The zero-order valence-corrected chi connectivity index (χ0v) is 19.7. The Kier molecular flexibility index (Phi) is 7.14. The van der Waals surface area contributed by atoms with E-state index in [0.29, 0.717) is 17.5 Å². The molecule has 1 saturated heterocycles. The molecule has 4 rings (SSSR count). The Morgan fingerprint density at radius 3 is 2.81 bits per heavy atom. The van der Waals surface area contributed by atoms with Gasteiger partial charge in [0.25, 0.3) is 0 Å². The van der Waals surface area contributed by atoms with E-state index in [-0.39, 0.29) is 11.5 Å². The minimum absolute atomic E-state index is 0.0851. The number of anilines is 1. The third kappa shape index (κ3) is 5.32. The minimum Gasteiger partial charge on any atom is -0.384 e. The highest BCUT2D eigenvalue weighted by molar-refractivity contribution is 6.31. The lowest BCUT2D eigenvalue weighted by atomic mass is 9.72. The maximum absolute atomic E-state index is 6.54. The fraction of sp³-hybridized carbons (Fsp3) is 0.370. The molecule has 2 aromatic carbocycles. The molecule has 1 aliphatic heterocycles. The van der Waals surface area contributed by atoms with Crippen molar-refractivity contribution in [3.05, 3.63) is 84.0 Å². The van der Waals surface area contributed by atoms with Crippen LogP contribution in [-0.4, -0.2) is 42.2 Å². The molecule has 1 fully saturated rings. The van der Waals surface area contributed by atoms with E-state index in [1.807, 2.05) is 42.6 Å². The molecular formula is C27H32ClN3O. The fourth-order valence-corrected chi connectivity index (χ4v) is 4.98. The summed E-state index contributed by atoms with van der Waals surface area (Å²) in [6.45, 7) is 12.9. The summed E-state index contributed by atoms with van der Waals surface area (Å²) < 4.78 is 6.54. The number of ether oxygens (including phenoxy) is 1. The SMILES string of the molecule is C=CCN1C[C@@H](OCc2ccccc2)[C@@H](CNc2ccnc3cc(Cl)ccc23)C(C)(C)C1. The lowest BCUT2D eigenvalue weighted by molar-refractivity contribution is -0.0897. The zero-order valence-electron chi connectivity index (χ0n) is 18.9. The molecule has 3 aromatic rings. The van der Waals surface area contributed by atoms with Gasteiger partial charge in [-0.25, -0.2) is 0 Å². The summed E-state index contributed by atoms with van der Waals surface area (Å²) >= 11 is 6.16. The predicted molar refractivity (Wildman–Crippen MR) is 134 cm³/mol. The quantitative estimate of drug-likeness (QED) is 0.426. The van der Waals surface area contributed by atoms with Gasteiger partial charge < -0.3 is 10.1 Å². The maximum Gasteiger partial charge on any atom is 0.0757 e. The Balaban J connectivity index is 1.53. The summed E-state index contributed by atoms with van der Waals surface area (Å²) in [5.41, 5.74) is 3.27. The molecule has 1 aliphatic rings. The summed E-state index contributed by atoms with van der Waals surface area (Å²) in [7, 11) is 0. The summed E-state index contributed by atoms with van der Waals surface area (Å²) in [5.74, 6) is 0.350. The Hall–Kier alpha value is -2.40. The summed E-state index contributed by atoms with van der Waals surface area (Å²) in [6.07, 6.45) is 3.94. The first-order valence-corrected chi connectivity index (χ1v) is 11.6. The van der Waals surface area contributed by atoms with Gasteiger partial charge >= 0.3 is 0 Å². The number of aromatic nitrogens is 1. The number of piperidine rings is 1. The van der Waals surface area contributed by atoms with Gasteiger partial charge in [-0.2, -0.15) is 0 Å². The van der Waals surface area contributed by atoms with Gasteiger partial charge in [0.15, 0.2) is 0 Å². The van der Waals surface area contributed by atoms with Gasteiger partial charge in [0.1, 0.15) is 0 Å². The van der Waals surface area contributed by atoms with Crippen LogP contribution in [0.4, 0.5) is 5.69 Å². The van der Waals surface area contributed by atoms with Gasteiger partial charge in [-0.15, -0.1) is 6.58 Å². The fourth-order valence-electron chi connectivity index (χ4n) is 4.81. The highest BCUT2D eigenvalue weighted by Crippen LogP contribution is 2.37. The van der Waals surface area contributed by atoms with E-state index in [0.717, 1.165) is 42.8 Å². The number of benzene rings is 2. The van der Waals surface area contributed by atoms with Crippen molar-refractivity contribution in [3.63, 3.8) is 0 Å². The average Bonchev–Trinajstić information content (AvgIpc) is 2.77. The van der Waals surface area contributed by atoms with Crippen LogP contribution in [0.3, 0.4) is 0 Å². The molecule has 4 nitrogen and oxygen atoms in total. The van der Waals surface area contributed by atoms with Crippen LogP contribution in [0.5, 0.6) is 0 Å². The van der Waals surface area contributed by atoms with Gasteiger partial charge in [0, 0.05) is 54.4 Å². The number of nitrogens with one attached hydrogen (secondary N) is 1. The van der Waals surface area contributed by atoms with Gasteiger partial charge in [-0.05, 0) is 35.2 Å². The van der Waals surface area contributed by atoms with Gasteiger partial charge in [-0.3, -0.25) is 9.88 Å². The Morgan fingerprint density at radius 2 is 2.03 bits per heavy atom. The highest BCUT2D eigenvalue weighted by Gasteiger charge is 2.42. The molecule has 2 atom stereocenters. The van der Waals surface area contributed by atoms with Crippen molar-refractivity contribution in [1.29, 1.82) is 0 Å². The van der Waals surface area contributed by atoms with E-state index < -0.39 is 0 Å². The Bertz CT molecular complexity index is 1050. The summed E-state index contributed by atoms with van der Waals surface area (Å²) in [6, 6.07) is 18.3. The molecule has 0 spiro atoms. The van der Waals surface area contributed by atoms with Crippen molar-refractivity contribution in [3.8, 4) is 0 Å². The Labute approximate surface area is 196 Å². The average molecular weight is 450 g/mol. The van der Waals surface area contributed by atoms with E-state index in [2.05, 4.69) is 59.9 Å². The molecule has 0 aliphatic carbocycles. The van der Waals surface area contributed by atoms with Crippen molar-refractivity contribution in [2.24, 2.45) is 11.3 Å². The van der Waals surface area contributed by atoms with Gasteiger partial charge in [0.2, 0.25) is 0 Å². The number of rotatable bonds is 8. The van der Waals surface area contributed by atoms with Crippen molar-refractivity contribution in [2.45, 2.75) is 26.6 Å². The minimum atomic E-state index is 0.0851. The second-order valence-electron chi connectivity index (χ2n) is 9.31. The van der Waals surface area contributed by atoms with Crippen LogP contribution in [0.15, 0.2) is 73.4 Å². The van der Waals surface area contributed by atoms with E-state index in [9.17, 15) is 0 Å². The van der Waals surface area contributed by atoms with E-state index >= 15 is 0 Å². The zero-order chi connectivity index (χ0) is 22.6. The third-order valence-corrected chi connectivity index (χ3v) is 6.67. The van der Waals surface area contributed by atoms with Crippen LogP contribution in [0.1, 0.15) is 19.4 Å². The number of hydrogen-bond acceptors (Lipinski definition) is 4. The molecule has 2 heterocycles. The number of likely N-dealkylation sites (tertiary alicyclic amines) is 1. The molecule has 0 amide bonds. The molecule has 0 unspecified atom stereocenters. The van der Waals surface area contributed by atoms with Crippen molar-refractivity contribution in [1.82, 2.24) is 9.88 Å². The largest absolute Gasteiger partial charge is 0.384 e. The Morgan fingerprint density at radius 1 is 1.22 bits per heavy atom. The van der Waals surface area contributed by atoms with Gasteiger partial charge in [-0.1, -0.05) is 61.9 Å². The van der Waals surface area contributed by atoms with E-state index in [1.54, 1.807) is 0 Å². The number of fused-ring (bicyclic) bond motifs is 1. The lowest BCUT2D eigenvalue weighted by Gasteiger charge is -2.48. The molecule has 32 heavy (non-hydrogen) atoms. The normalized spacial score (nSPS) is 20.8. The first kappa shape index (κ1) is 22.8. The standard InChI is InChI=1S/C27H32ClN3O/c1-4-14-31-17-26(32-18-20-8-6-5-7-9-20)23(27(2,3)19-31)16-30-24-12-13-29-25-15-21(28)10-11-22(24)25/h4-13,15,23,26H,1,14,16-19H2,2-3H3,(H,29,30)/t23-,26-/m1/s1. The third-order valence-electron chi connectivity index (χ3n) is 6.43. The van der Waals surface area contributed by atoms with Crippen LogP contribution in [-0.2, 0) is 11.3 Å². The lowest BCUT2D eigenvalue weighted by Crippen LogP contribution is -2.56. The number of hydrogen-bond donors (Lipinski definition) is 1. The van der Waals surface area contributed by atoms with Crippen molar-refractivity contribution < 1.29 is 4.74 Å². The smallest absolute Gasteiger partial charge is 0.0757 e. The first-order valence-electron chi connectivity index (χ1n) is 11.2. The molecule has 0 saturated carbocycles. The number of pyridine rings is 1. The molecule has 168 valence electrons. The molecule has 1 aromatic heterocycles. The van der Waals surface area contributed by atoms with Crippen LogP contribution in [0.2, 0.25) is 5.02 Å². The monoisotopic (exact) mass is 449 g/mol. The van der Waals surface area contributed by atoms with E-state index in [4.69, 9.17) is 16.3 Å². The topological polar surface area (TPSA) is 37.4 Å². The number of halogens is 1.